The van der Waals surface area contributed by atoms with Gasteiger partial charge < -0.3 is 5.32 Å². The Hall–Kier alpha value is -1.66. The van der Waals surface area contributed by atoms with Crippen LogP contribution in [-0.4, -0.2) is 36.5 Å². The number of rotatable bonds is 7. The second-order valence-corrected chi connectivity index (χ2v) is 4.98. The van der Waals surface area contributed by atoms with Crippen molar-refractivity contribution in [2.45, 2.75) is 13.5 Å². The van der Waals surface area contributed by atoms with Gasteiger partial charge in [-0.25, -0.2) is 4.79 Å². The Bertz CT molecular complexity index is 418. The van der Waals surface area contributed by atoms with E-state index in [0.29, 0.717) is 19.6 Å². The molecule has 3 amide bonds. The molecule has 1 aromatic heterocycles. The van der Waals surface area contributed by atoms with Crippen LogP contribution in [0.1, 0.15) is 11.8 Å². The molecule has 2 N–H and O–H groups in total. The molecule has 19 heavy (non-hydrogen) atoms. The molecule has 1 heterocycles. The normalized spacial score (nSPS) is 10.2. The summed E-state index contributed by atoms with van der Waals surface area (Å²) in [5, 5.41) is 6.80. The van der Waals surface area contributed by atoms with Gasteiger partial charge in [-0.1, -0.05) is 12.1 Å². The van der Waals surface area contributed by atoms with Gasteiger partial charge in [0.2, 0.25) is 5.91 Å². The summed E-state index contributed by atoms with van der Waals surface area (Å²) in [5.41, 5.74) is 0. The average molecular weight is 281 g/mol. The Morgan fingerprint density at radius 1 is 1.53 bits per heavy atom. The van der Waals surface area contributed by atoms with Crippen molar-refractivity contribution in [3.63, 3.8) is 0 Å². The number of carbonyl (C=O) groups is 2. The number of nitrogens with zero attached hydrogens (tertiary/aromatic N) is 1. The van der Waals surface area contributed by atoms with Crippen molar-refractivity contribution in [2.24, 2.45) is 0 Å². The zero-order valence-corrected chi connectivity index (χ0v) is 11.8. The number of carbonyl (C=O) groups excluding carboxylic acids is 2. The van der Waals surface area contributed by atoms with Crippen molar-refractivity contribution in [3.8, 4) is 0 Å². The maximum Gasteiger partial charge on any atom is 0.321 e. The summed E-state index contributed by atoms with van der Waals surface area (Å²) in [6.45, 7) is 7.40. The van der Waals surface area contributed by atoms with Crippen LogP contribution in [0.15, 0.2) is 30.2 Å². The first-order valence-corrected chi connectivity index (χ1v) is 6.97. The summed E-state index contributed by atoms with van der Waals surface area (Å²) in [6.07, 6.45) is 1.74. The van der Waals surface area contributed by atoms with Crippen LogP contribution in [0.4, 0.5) is 4.79 Å². The maximum absolute atomic E-state index is 11.7. The van der Waals surface area contributed by atoms with Gasteiger partial charge in [-0.3, -0.25) is 15.0 Å². The lowest BCUT2D eigenvalue weighted by atomic mass is 10.3. The molecule has 0 unspecified atom stereocenters. The van der Waals surface area contributed by atoms with Crippen molar-refractivity contribution < 1.29 is 9.59 Å². The third kappa shape index (κ3) is 6.17. The van der Waals surface area contributed by atoms with Gasteiger partial charge in [0.1, 0.15) is 0 Å². The summed E-state index contributed by atoms with van der Waals surface area (Å²) < 4.78 is 0. The van der Waals surface area contributed by atoms with Crippen LogP contribution in [0, 0.1) is 0 Å². The third-order valence-electron chi connectivity index (χ3n) is 2.30. The molecule has 0 spiro atoms. The molecule has 0 radical (unpaired) electrons. The lowest BCUT2D eigenvalue weighted by Crippen LogP contribution is -2.44. The number of nitrogens with one attached hydrogen (secondary N) is 2. The van der Waals surface area contributed by atoms with Gasteiger partial charge in [0.05, 0.1) is 6.54 Å². The molecule has 0 bridgehead atoms. The predicted octanol–water partition coefficient (Wildman–Crippen LogP) is 1.58. The Labute approximate surface area is 117 Å². The predicted molar refractivity (Wildman–Crippen MR) is 77.0 cm³/mol. The summed E-state index contributed by atoms with van der Waals surface area (Å²) in [6, 6.07) is 3.53. The van der Waals surface area contributed by atoms with Crippen molar-refractivity contribution in [2.75, 3.05) is 19.6 Å². The quantitative estimate of drug-likeness (QED) is 0.746. The molecule has 0 aromatic carbocycles. The van der Waals surface area contributed by atoms with E-state index in [0.717, 1.165) is 0 Å². The van der Waals surface area contributed by atoms with Crippen LogP contribution in [0.25, 0.3) is 0 Å². The Kier molecular flexibility index (Phi) is 6.84. The number of urea groups is 1. The van der Waals surface area contributed by atoms with Crippen LogP contribution < -0.4 is 10.6 Å². The summed E-state index contributed by atoms with van der Waals surface area (Å²) >= 11 is 1.64. The van der Waals surface area contributed by atoms with Gasteiger partial charge in [-0.2, -0.15) is 0 Å². The first-order chi connectivity index (χ1) is 9.15. The smallest absolute Gasteiger partial charge is 0.321 e. The number of thiophene rings is 1. The molecule has 5 nitrogen and oxygen atoms in total. The van der Waals surface area contributed by atoms with E-state index >= 15 is 0 Å². The molecular formula is C13H19N3O2S. The molecule has 0 saturated carbocycles. The molecule has 6 heteroatoms. The van der Waals surface area contributed by atoms with E-state index in [2.05, 4.69) is 17.2 Å². The zero-order chi connectivity index (χ0) is 14.1. The van der Waals surface area contributed by atoms with Gasteiger partial charge in [0, 0.05) is 24.5 Å². The van der Waals surface area contributed by atoms with E-state index in [4.69, 9.17) is 0 Å². The molecule has 104 valence electrons. The van der Waals surface area contributed by atoms with Crippen LogP contribution in [0.2, 0.25) is 0 Å². The first kappa shape index (κ1) is 15.4. The summed E-state index contributed by atoms with van der Waals surface area (Å²) in [4.78, 5) is 26.0. The van der Waals surface area contributed by atoms with Gasteiger partial charge in [-0.05, 0) is 18.4 Å². The van der Waals surface area contributed by atoms with Crippen molar-refractivity contribution in [1.29, 1.82) is 0 Å². The number of hydrogen-bond donors (Lipinski definition) is 2. The topological polar surface area (TPSA) is 61.4 Å². The van der Waals surface area contributed by atoms with Gasteiger partial charge in [0.25, 0.3) is 0 Å². The molecule has 0 saturated heterocycles. The standard InChI is InChI=1S/C13H19N3O2S/c1-3-7-16(9-11-6-5-8-19-11)10-12(17)15-13(18)14-4-2/h3,5-6,8H,1,4,7,9-10H2,2H3,(H2,14,15,17,18). The van der Waals surface area contributed by atoms with E-state index in [1.807, 2.05) is 22.4 Å². The van der Waals surface area contributed by atoms with Gasteiger partial charge >= 0.3 is 6.03 Å². The largest absolute Gasteiger partial charge is 0.338 e. The maximum atomic E-state index is 11.7. The average Bonchev–Trinajstić information content (AvgIpc) is 2.82. The van der Waals surface area contributed by atoms with Crippen molar-refractivity contribution >= 4 is 23.3 Å². The number of hydrogen-bond acceptors (Lipinski definition) is 4. The number of amides is 3. The highest BCUT2D eigenvalue weighted by molar-refractivity contribution is 7.09. The van der Waals surface area contributed by atoms with E-state index < -0.39 is 6.03 Å². The lowest BCUT2D eigenvalue weighted by molar-refractivity contribution is -0.121. The molecule has 0 aliphatic rings. The fourth-order valence-corrected chi connectivity index (χ4v) is 2.31. The van der Waals surface area contributed by atoms with E-state index in [-0.39, 0.29) is 12.5 Å². The fraction of sp³-hybridized carbons (Fsp3) is 0.385. The zero-order valence-electron chi connectivity index (χ0n) is 11.0. The Morgan fingerprint density at radius 2 is 2.32 bits per heavy atom. The SMILES string of the molecule is C=CCN(CC(=O)NC(=O)NCC)Cc1cccs1. The summed E-state index contributed by atoms with van der Waals surface area (Å²) in [5.74, 6) is -0.315. The highest BCUT2D eigenvalue weighted by Crippen LogP contribution is 2.11. The fourth-order valence-electron chi connectivity index (χ4n) is 1.56. The van der Waals surface area contributed by atoms with Crippen molar-refractivity contribution in [1.82, 2.24) is 15.5 Å². The molecule has 0 fully saturated rings. The van der Waals surface area contributed by atoms with E-state index in [9.17, 15) is 9.59 Å². The van der Waals surface area contributed by atoms with Gasteiger partial charge in [0.15, 0.2) is 0 Å². The lowest BCUT2D eigenvalue weighted by Gasteiger charge is -2.19. The first-order valence-electron chi connectivity index (χ1n) is 6.09. The molecular weight excluding hydrogens is 262 g/mol. The third-order valence-corrected chi connectivity index (χ3v) is 3.17. The molecule has 0 aliphatic heterocycles. The second kappa shape index (κ2) is 8.44. The van der Waals surface area contributed by atoms with Crippen LogP contribution >= 0.6 is 11.3 Å². The summed E-state index contributed by atoms with van der Waals surface area (Å²) in [7, 11) is 0. The van der Waals surface area contributed by atoms with Crippen LogP contribution in [0.5, 0.6) is 0 Å². The minimum Gasteiger partial charge on any atom is -0.338 e. The van der Waals surface area contributed by atoms with Crippen LogP contribution in [-0.2, 0) is 11.3 Å². The Balaban J connectivity index is 2.46. The minimum absolute atomic E-state index is 0.168. The van der Waals surface area contributed by atoms with E-state index in [1.165, 1.54) is 4.88 Å². The van der Waals surface area contributed by atoms with E-state index in [1.54, 1.807) is 24.3 Å². The molecule has 0 atom stereocenters. The molecule has 1 rings (SSSR count). The van der Waals surface area contributed by atoms with Gasteiger partial charge in [-0.15, -0.1) is 17.9 Å². The van der Waals surface area contributed by atoms with Crippen LogP contribution in [0.3, 0.4) is 0 Å². The number of imide groups is 1. The molecule has 0 aliphatic carbocycles. The van der Waals surface area contributed by atoms with Crippen molar-refractivity contribution in [3.05, 3.63) is 35.0 Å². The molecule has 1 aromatic rings. The second-order valence-electron chi connectivity index (χ2n) is 3.95. The Morgan fingerprint density at radius 3 is 2.89 bits per heavy atom. The monoisotopic (exact) mass is 281 g/mol. The minimum atomic E-state index is -0.456. The highest BCUT2D eigenvalue weighted by atomic mass is 32.1. The highest BCUT2D eigenvalue weighted by Gasteiger charge is 2.12.